The summed E-state index contributed by atoms with van der Waals surface area (Å²) in [5.74, 6) is 2.97. The predicted molar refractivity (Wildman–Crippen MR) is 106 cm³/mol. The Morgan fingerprint density at radius 3 is 2.26 bits per heavy atom. The number of methoxy groups -OCH3 is 3. The monoisotopic (exact) mass is 365 g/mol. The Kier molecular flexibility index (Phi) is 6.10. The number of benzene rings is 2. The Hall–Kier alpha value is -3.28. The summed E-state index contributed by atoms with van der Waals surface area (Å²) in [5.41, 5.74) is 2.85. The number of hydrogen-bond acceptors (Lipinski definition) is 6. The van der Waals surface area contributed by atoms with Crippen molar-refractivity contribution < 1.29 is 14.2 Å². The fraction of sp³-hybridized carbons (Fsp3) is 0.238. The molecule has 3 rings (SSSR count). The Balaban J connectivity index is 1.61. The van der Waals surface area contributed by atoms with E-state index in [-0.39, 0.29) is 0 Å². The van der Waals surface area contributed by atoms with Crippen LogP contribution in [0, 0.1) is 0 Å². The van der Waals surface area contributed by atoms with Gasteiger partial charge in [-0.3, -0.25) is 0 Å². The van der Waals surface area contributed by atoms with Gasteiger partial charge in [0.15, 0.2) is 11.5 Å². The van der Waals surface area contributed by atoms with E-state index in [1.54, 1.807) is 21.3 Å². The van der Waals surface area contributed by atoms with Crippen LogP contribution in [-0.2, 0) is 6.42 Å². The molecule has 0 amide bonds. The van der Waals surface area contributed by atoms with Gasteiger partial charge in [0.25, 0.3) is 0 Å². The minimum atomic E-state index is 0.729. The summed E-state index contributed by atoms with van der Waals surface area (Å²) in [4.78, 5) is 0. The molecule has 140 valence electrons. The van der Waals surface area contributed by atoms with Gasteiger partial charge in [0.05, 0.1) is 27.0 Å². The largest absolute Gasteiger partial charge is 0.496 e. The zero-order chi connectivity index (χ0) is 19.1. The van der Waals surface area contributed by atoms with Gasteiger partial charge in [-0.25, -0.2) is 0 Å². The van der Waals surface area contributed by atoms with Crippen molar-refractivity contribution in [2.45, 2.75) is 6.42 Å². The lowest BCUT2D eigenvalue weighted by molar-refractivity contribution is 0.354. The molecule has 2 aromatic carbocycles. The van der Waals surface area contributed by atoms with E-state index < -0.39 is 0 Å². The van der Waals surface area contributed by atoms with Crippen LogP contribution in [0.5, 0.6) is 17.2 Å². The van der Waals surface area contributed by atoms with Crippen molar-refractivity contribution in [3.05, 3.63) is 60.2 Å². The number of rotatable bonds is 8. The highest BCUT2D eigenvalue weighted by Crippen LogP contribution is 2.28. The van der Waals surface area contributed by atoms with Crippen LogP contribution in [0.3, 0.4) is 0 Å². The molecule has 1 aromatic heterocycles. The molecule has 0 radical (unpaired) electrons. The van der Waals surface area contributed by atoms with E-state index in [4.69, 9.17) is 14.2 Å². The summed E-state index contributed by atoms with van der Waals surface area (Å²) >= 11 is 0. The van der Waals surface area contributed by atoms with Gasteiger partial charge in [-0.05, 0) is 48.4 Å². The van der Waals surface area contributed by atoms with Gasteiger partial charge in [0.1, 0.15) is 11.6 Å². The third kappa shape index (κ3) is 4.47. The second-order valence-corrected chi connectivity index (χ2v) is 5.87. The Bertz CT molecular complexity index is 882. The summed E-state index contributed by atoms with van der Waals surface area (Å²) in [5, 5.41) is 11.9. The highest BCUT2D eigenvalue weighted by molar-refractivity contribution is 5.67. The summed E-state index contributed by atoms with van der Waals surface area (Å²) in [6.45, 7) is 0.734. The molecule has 1 N–H and O–H groups in total. The average molecular weight is 365 g/mol. The summed E-state index contributed by atoms with van der Waals surface area (Å²) in [6, 6.07) is 17.5. The maximum absolute atomic E-state index is 5.38. The van der Waals surface area contributed by atoms with E-state index in [2.05, 4.69) is 15.5 Å². The van der Waals surface area contributed by atoms with E-state index >= 15 is 0 Å². The molecule has 0 spiro atoms. The molecular weight excluding hydrogens is 342 g/mol. The van der Waals surface area contributed by atoms with Gasteiger partial charge in [-0.2, -0.15) is 0 Å². The molecule has 0 aliphatic heterocycles. The molecule has 0 atom stereocenters. The second kappa shape index (κ2) is 8.89. The number of anilines is 1. The number of hydrogen-bond donors (Lipinski definition) is 1. The van der Waals surface area contributed by atoms with Crippen molar-refractivity contribution in [2.24, 2.45) is 0 Å². The Morgan fingerprint density at radius 1 is 0.778 bits per heavy atom. The first-order valence-electron chi connectivity index (χ1n) is 8.67. The lowest BCUT2D eigenvalue weighted by atomic mass is 10.1. The number of ether oxygens (including phenoxy) is 3. The van der Waals surface area contributed by atoms with Gasteiger partial charge >= 0.3 is 0 Å². The molecule has 6 heteroatoms. The maximum atomic E-state index is 5.38. The van der Waals surface area contributed by atoms with Crippen LogP contribution in [0.4, 0.5) is 5.82 Å². The average Bonchev–Trinajstić information content (AvgIpc) is 2.74. The van der Waals surface area contributed by atoms with Crippen molar-refractivity contribution >= 4 is 5.82 Å². The first-order chi connectivity index (χ1) is 13.2. The quantitative estimate of drug-likeness (QED) is 0.655. The fourth-order valence-electron chi connectivity index (χ4n) is 2.80. The lowest BCUT2D eigenvalue weighted by Crippen LogP contribution is -2.07. The highest BCUT2D eigenvalue weighted by Gasteiger charge is 2.07. The number of para-hydroxylation sites is 1. The molecule has 0 bridgehead atoms. The molecule has 0 aliphatic rings. The zero-order valence-corrected chi connectivity index (χ0v) is 15.7. The maximum Gasteiger partial charge on any atom is 0.160 e. The third-order valence-electron chi connectivity index (χ3n) is 4.22. The van der Waals surface area contributed by atoms with Gasteiger partial charge in [0.2, 0.25) is 0 Å². The minimum absolute atomic E-state index is 0.729. The SMILES string of the molecule is COc1ccc(CCNc2ccc(-c3ccccc3OC)nn2)cc1OC. The molecule has 3 aromatic rings. The summed E-state index contributed by atoms with van der Waals surface area (Å²) in [6.07, 6.45) is 0.830. The third-order valence-corrected chi connectivity index (χ3v) is 4.22. The van der Waals surface area contributed by atoms with E-state index in [0.29, 0.717) is 0 Å². The first kappa shape index (κ1) is 18.5. The molecule has 0 fully saturated rings. The van der Waals surface area contributed by atoms with Crippen LogP contribution in [-0.4, -0.2) is 38.1 Å². The predicted octanol–water partition coefficient (Wildman–Crippen LogP) is 3.82. The van der Waals surface area contributed by atoms with Gasteiger partial charge < -0.3 is 19.5 Å². The second-order valence-electron chi connectivity index (χ2n) is 5.87. The van der Waals surface area contributed by atoms with Gasteiger partial charge in [-0.1, -0.05) is 18.2 Å². The van der Waals surface area contributed by atoms with Crippen molar-refractivity contribution in [2.75, 3.05) is 33.2 Å². The highest BCUT2D eigenvalue weighted by atomic mass is 16.5. The van der Waals surface area contributed by atoms with E-state index in [1.165, 1.54) is 0 Å². The number of nitrogens with one attached hydrogen (secondary N) is 1. The smallest absolute Gasteiger partial charge is 0.160 e. The number of aromatic nitrogens is 2. The molecule has 0 saturated heterocycles. The topological polar surface area (TPSA) is 65.5 Å². The standard InChI is InChI=1S/C21H23N3O3/c1-25-18-7-5-4-6-16(18)17-9-11-21(24-23-17)22-13-12-15-8-10-19(26-2)20(14-15)27-3/h4-11,14H,12-13H2,1-3H3,(H,22,24). The van der Waals surface area contributed by atoms with Crippen molar-refractivity contribution in [1.82, 2.24) is 10.2 Å². The Labute approximate surface area is 159 Å². The Morgan fingerprint density at radius 2 is 1.56 bits per heavy atom. The van der Waals surface area contributed by atoms with Gasteiger partial charge in [0, 0.05) is 12.1 Å². The molecule has 6 nitrogen and oxygen atoms in total. The van der Waals surface area contributed by atoms with Crippen LogP contribution in [0.2, 0.25) is 0 Å². The minimum Gasteiger partial charge on any atom is -0.496 e. The molecule has 0 aliphatic carbocycles. The molecule has 0 saturated carbocycles. The fourth-order valence-corrected chi connectivity index (χ4v) is 2.80. The molecule has 0 unspecified atom stereocenters. The van der Waals surface area contributed by atoms with E-state index in [0.717, 1.165) is 52.9 Å². The molecular formula is C21H23N3O3. The van der Waals surface area contributed by atoms with Crippen LogP contribution in [0.1, 0.15) is 5.56 Å². The first-order valence-corrected chi connectivity index (χ1v) is 8.67. The van der Waals surface area contributed by atoms with Gasteiger partial charge in [-0.15, -0.1) is 10.2 Å². The normalized spacial score (nSPS) is 10.3. The van der Waals surface area contributed by atoms with Crippen molar-refractivity contribution in [3.8, 4) is 28.5 Å². The van der Waals surface area contributed by atoms with Crippen LogP contribution in [0.25, 0.3) is 11.3 Å². The van der Waals surface area contributed by atoms with E-state index in [1.807, 2.05) is 54.6 Å². The molecule has 27 heavy (non-hydrogen) atoms. The van der Waals surface area contributed by atoms with E-state index in [9.17, 15) is 0 Å². The van der Waals surface area contributed by atoms with Crippen LogP contribution < -0.4 is 19.5 Å². The van der Waals surface area contributed by atoms with Crippen LogP contribution in [0.15, 0.2) is 54.6 Å². The summed E-state index contributed by atoms with van der Waals surface area (Å²) < 4.78 is 16.0. The van der Waals surface area contributed by atoms with Crippen LogP contribution >= 0.6 is 0 Å². The molecule has 1 heterocycles. The zero-order valence-electron chi connectivity index (χ0n) is 15.7. The van der Waals surface area contributed by atoms with Crippen molar-refractivity contribution in [1.29, 1.82) is 0 Å². The summed E-state index contributed by atoms with van der Waals surface area (Å²) in [7, 11) is 4.92. The number of nitrogens with zero attached hydrogens (tertiary/aromatic N) is 2. The lowest BCUT2D eigenvalue weighted by Gasteiger charge is -2.10. The van der Waals surface area contributed by atoms with Crippen molar-refractivity contribution in [3.63, 3.8) is 0 Å².